The first kappa shape index (κ1) is 30.9. The van der Waals surface area contributed by atoms with Gasteiger partial charge in [-0.3, -0.25) is 9.59 Å². The van der Waals surface area contributed by atoms with Crippen LogP contribution in [0.25, 0.3) is 0 Å². The van der Waals surface area contributed by atoms with Crippen LogP contribution in [0.3, 0.4) is 0 Å². The first-order valence-corrected chi connectivity index (χ1v) is 11.9. The zero-order valence-electron chi connectivity index (χ0n) is 20.7. The Bertz CT molecular complexity index is 659. The minimum absolute atomic E-state index is 0.119. The Kier molecular flexibility index (Phi) is 19.7. The average Bonchev–Trinajstić information content (AvgIpc) is 2.86. The molecular weight excluding hydrogens is 460 g/mol. The van der Waals surface area contributed by atoms with Gasteiger partial charge >= 0.3 is 5.97 Å². The van der Waals surface area contributed by atoms with Crippen molar-refractivity contribution in [2.75, 3.05) is 92.4 Å². The highest BCUT2D eigenvalue weighted by Gasteiger charge is 2.07. The van der Waals surface area contributed by atoms with Crippen molar-refractivity contribution in [1.29, 1.82) is 0 Å². The molecule has 11 nitrogen and oxygen atoms in total. The number of hydrogen-bond acceptors (Lipinski definition) is 10. The van der Waals surface area contributed by atoms with Crippen LogP contribution in [0.2, 0.25) is 0 Å². The largest absolute Gasteiger partial charge is 0.426 e. The van der Waals surface area contributed by atoms with E-state index in [2.05, 4.69) is 5.32 Å². The summed E-state index contributed by atoms with van der Waals surface area (Å²) in [5, 5.41) is 2.70. The van der Waals surface area contributed by atoms with Crippen molar-refractivity contribution >= 4 is 11.9 Å². The molecule has 1 aromatic rings. The molecule has 0 fully saturated rings. The lowest BCUT2D eigenvalue weighted by Crippen LogP contribution is -2.22. The lowest BCUT2D eigenvalue weighted by Gasteiger charge is -2.08. The molecule has 200 valence electrons. The number of rotatable bonds is 23. The molecule has 0 atom stereocenters. The van der Waals surface area contributed by atoms with E-state index in [-0.39, 0.29) is 18.9 Å². The summed E-state index contributed by atoms with van der Waals surface area (Å²) in [7, 11) is 0. The fraction of sp³-hybridized carbons (Fsp3) is 0.667. The van der Waals surface area contributed by atoms with Gasteiger partial charge in [0.1, 0.15) is 5.75 Å². The number of hydrogen-bond donors (Lipinski definition) is 2. The van der Waals surface area contributed by atoms with Gasteiger partial charge in [-0.25, -0.2) is 0 Å². The lowest BCUT2D eigenvalue weighted by molar-refractivity contribution is -0.135. The number of esters is 1. The Hall–Kier alpha value is -2.12. The maximum absolute atomic E-state index is 11.9. The normalized spacial score (nSPS) is 10.9. The van der Waals surface area contributed by atoms with Crippen LogP contribution in [-0.2, 0) is 33.2 Å². The highest BCUT2D eigenvalue weighted by atomic mass is 16.6. The van der Waals surface area contributed by atoms with Crippen molar-refractivity contribution in [3.63, 3.8) is 0 Å². The van der Waals surface area contributed by atoms with E-state index in [1.54, 1.807) is 24.3 Å². The smallest absolute Gasteiger partial charge is 0.313 e. The van der Waals surface area contributed by atoms with E-state index >= 15 is 0 Å². The number of carbonyl (C=O) groups excluding carboxylic acids is 2. The second kappa shape index (κ2) is 22.4. The van der Waals surface area contributed by atoms with Gasteiger partial charge in [0.15, 0.2) is 0 Å². The van der Waals surface area contributed by atoms with Crippen LogP contribution in [-0.4, -0.2) is 104 Å². The lowest BCUT2D eigenvalue weighted by atomic mass is 10.2. The molecule has 0 aliphatic heterocycles. The summed E-state index contributed by atoms with van der Waals surface area (Å²) >= 11 is 0. The Morgan fingerprint density at radius 3 is 1.54 bits per heavy atom. The van der Waals surface area contributed by atoms with Crippen LogP contribution in [0.15, 0.2) is 24.3 Å². The summed E-state index contributed by atoms with van der Waals surface area (Å²) < 4.78 is 37.3. The molecule has 1 rings (SSSR count). The minimum Gasteiger partial charge on any atom is -0.426 e. The molecule has 1 aromatic carbocycles. The number of nitrogens with two attached hydrogens (primary N) is 1. The van der Waals surface area contributed by atoms with Gasteiger partial charge in [0.2, 0.25) is 0 Å². The SMILES string of the molecule is CCNC(=O)c1ccc(OC(=O)CCOCCOCCOCCOCCOCCOCCN)cc1. The molecule has 0 aromatic heterocycles. The summed E-state index contributed by atoms with van der Waals surface area (Å²) in [6.45, 7) is 8.43. The Morgan fingerprint density at radius 2 is 1.11 bits per heavy atom. The third-order valence-corrected chi connectivity index (χ3v) is 4.26. The standard InChI is InChI=1S/C24H40N2O9/c1-2-26-24(28)21-3-5-22(6-4-21)35-23(27)7-9-29-11-13-31-15-17-33-19-20-34-18-16-32-14-12-30-10-8-25/h3-6H,2,7-20,25H2,1H3,(H,26,28). The second-order valence-corrected chi connectivity index (χ2v) is 7.07. The maximum atomic E-state index is 11.9. The summed E-state index contributed by atoms with van der Waals surface area (Å²) in [5.74, 6) is -0.190. The van der Waals surface area contributed by atoms with Crippen molar-refractivity contribution in [3.8, 4) is 5.75 Å². The number of nitrogens with one attached hydrogen (secondary N) is 1. The molecule has 0 radical (unpaired) electrons. The van der Waals surface area contributed by atoms with Crippen molar-refractivity contribution < 1.29 is 42.7 Å². The number of ether oxygens (including phenoxy) is 7. The van der Waals surface area contributed by atoms with E-state index in [9.17, 15) is 9.59 Å². The van der Waals surface area contributed by atoms with Gasteiger partial charge in [0.25, 0.3) is 5.91 Å². The van der Waals surface area contributed by atoms with Crippen LogP contribution >= 0.6 is 0 Å². The van der Waals surface area contributed by atoms with E-state index in [0.29, 0.717) is 97.1 Å². The number of carbonyl (C=O) groups is 2. The van der Waals surface area contributed by atoms with Crippen molar-refractivity contribution in [3.05, 3.63) is 29.8 Å². The average molecular weight is 501 g/mol. The van der Waals surface area contributed by atoms with E-state index in [4.69, 9.17) is 38.9 Å². The van der Waals surface area contributed by atoms with E-state index in [1.165, 1.54) is 0 Å². The van der Waals surface area contributed by atoms with Crippen LogP contribution in [0.4, 0.5) is 0 Å². The zero-order chi connectivity index (χ0) is 25.4. The van der Waals surface area contributed by atoms with Gasteiger partial charge in [-0.1, -0.05) is 0 Å². The molecule has 0 aliphatic carbocycles. The van der Waals surface area contributed by atoms with Crippen LogP contribution in [0.1, 0.15) is 23.7 Å². The van der Waals surface area contributed by atoms with Gasteiger partial charge in [-0.15, -0.1) is 0 Å². The second-order valence-electron chi connectivity index (χ2n) is 7.07. The summed E-state index contributed by atoms with van der Waals surface area (Å²) in [4.78, 5) is 23.6. The molecule has 0 unspecified atom stereocenters. The molecule has 1 amide bonds. The van der Waals surface area contributed by atoms with Crippen molar-refractivity contribution in [2.45, 2.75) is 13.3 Å². The zero-order valence-corrected chi connectivity index (χ0v) is 20.7. The third-order valence-electron chi connectivity index (χ3n) is 4.26. The minimum atomic E-state index is -0.407. The molecule has 0 heterocycles. The Morgan fingerprint density at radius 1 is 0.686 bits per heavy atom. The molecule has 35 heavy (non-hydrogen) atoms. The quantitative estimate of drug-likeness (QED) is 0.126. The van der Waals surface area contributed by atoms with E-state index in [1.807, 2.05) is 6.92 Å². The van der Waals surface area contributed by atoms with Gasteiger partial charge in [0, 0.05) is 18.7 Å². The summed E-state index contributed by atoms with van der Waals surface area (Å²) in [5.41, 5.74) is 5.82. The van der Waals surface area contributed by atoms with Gasteiger partial charge in [0.05, 0.1) is 85.7 Å². The monoisotopic (exact) mass is 500 g/mol. The van der Waals surface area contributed by atoms with Gasteiger partial charge in [-0.2, -0.15) is 0 Å². The molecule has 0 spiro atoms. The third kappa shape index (κ3) is 17.9. The number of amides is 1. The van der Waals surface area contributed by atoms with Crippen LogP contribution in [0.5, 0.6) is 5.75 Å². The Labute approximate surface area is 207 Å². The predicted octanol–water partition coefficient (Wildman–Crippen LogP) is 0.790. The molecular formula is C24H40N2O9. The highest BCUT2D eigenvalue weighted by Crippen LogP contribution is 2.13. The molecule has 0 bridgehead atoms. The number of benzene rings is 1. The molecule has 0 saturated heterocycles. The first-order valence-electron chi connectivity index (χ1n) is 11.9. The first-order chi connectivity index (χ1) is 17.2. The van der Waals surface area contributed by atoms with E-state index < -0.39 is 5.97 Å². The molecule has 0 aliphatic rings. The fourth-order valence-corrected chi connectivity index (χ4v) is 2.56. The molecule has 11 heteroatoms. The molecule has 0 saturated carbocycles. The predicted molar refractivity (Wildman–Crippen MR) is 129 cm³/mol. The van der Waals surface area contributed by atoms with Crippen LogP contribution < -0.4 is 15.8 Å². The fourth-order valence-electron chi connectivity index (χ4n) is 2.56. The summed E-state index contributed by atoms with van der Waals surface area (Å²) in [6, 6.07) is 6.39. The summed E-state index contributed by atoms with van der Waals surface area (Å²) in [6.07, 6.45) is 0.119. The molecule has 3 N–H and O–H groups in total. The van der Waals surface area contributed by atoms with Gasteiger partial charge in [-0.05, 0) is 31.2 Å². The maximum Gasteiger partial charge on any atom is 0.313 e. The van der Waals surface area contributed by atoms with Crippen LogP contribution in [0, 0.1) is 0 Å². The van der Waals surface area contributed by atoms with Gasteiger partial charge < -0.3 is 44.2 Å². The van der Waals surface area contributed by atoms with Crippen molar-refractivity contribution in [2.24, 2.45) is 5.73 Å². The van der Waals surface area contributed by atoms with Crippen molar-refractivity contribution in [1.82, 2.24) is 5.32 Å². The highest BCUT2D eigenvalue weighted by molar-refractivity contribution is 5.94. The topological polar surface area (TPSA) is 137 Å². The van der Waals surface area contributed by atoms with E-state index in [0.717, 1.165) is 0 Å². The Balaban J connectivity index is 1.85.